The predicted molar refractivity (Wildman–Crippen MR) is 149 cm³/mol. The van der Waals surface area contributed by atoms with E-state index in [-0.39, 0.29) is 18.0 Å². The first-order chi connectivity index (χ1) is 17.0. The fourth-order valence-corrected chi connectivity index (χ4v) is 5.54. The van der Waals surface area contributed by atoms with Crippen molar-refractivity contribution in [1.82, 2.24) is 0 Å². The van der Waals surface area contributed by atoms with Gasteiger partial charge in [-0.1, -0.05) is 115 Å². The maximum Gasteiger partial charge on any atom is 0.497 e. The summed E-state index contributed by atoms with van der Waals surface area (Å²) in [5.74, 6) is -0.370. The van der Waals surface area contributed by atoms with Gasteiger partial charge in [0.2, 0.25) is 0 Å². The van der Waals surface area contributed by atoms with Crippen LogP contribution in [-0.4, -0.2) is 40.3 Å². The highest BCUT2D eigenvalue weighted by Gasteiger charge is 2.54. The van der Waals surface area contributed by atoms with E-state index in [0.717, 1.165) is 18.6 Å². The van der Waals surface area contributed by atoms with Gasteiger partial charge in [-0.2, -0.15) is 11.8 Å². The minimum atomic E-state index is -2.25. The van der Waals surface area contributed by atoms with Crippen molar-refractivity contribution in [2.75, 3.05) is 12.4 Å². The van der Waals surface area contributed by atoms with Crippen LogP contribution in [0.3, 0.4) is 0 Å². The van der Waals surface area contributed by atoms with Crippen molar-refractivity contribution in [2.45, 2.75) is 154 Å². The van der Waals surface area contributed by atoms with E-state index in [2.05, 4.69) is 13.8 Å². The SMILES string of the molecule is CCCCCCCCCCSC(CCCCCCCCC)C(C)OOC(OCCC)([PH+]=O)C(=O)O. The molecule has 0 saturated heterocycles. The second-order valence-electron chi connectivity index (χ2n) is 9.55. The van der Waals surface area contributed by atoms with Gasteiger partial charge in [0, 0.05) is 5.25 Å². The van der Waals surface area contributed by atoms with Crippen molar-refractivity contribution in [3.05, 3.63) is 0 Å². The van der Waals surface area contributed by atoms with Crippen LogP contribution in [0, 0.1) is 0 Å². The Morgan fingerprint density at radius 3 is 1.83 bits per heavy atom. The third-order valence-corrected chi connectivity index (χ3v) is 8.47. The molecule has 0 rings (SSSR count). The smallest absolute Gasteiger partial charge is 0.474 e. The summed E-state index contributed by atoms with van der Waals surface area (Å²) >= 11 is 1.89. The number of ether oxygens (including phenoxy) is 1. The molecule has 4 atom stereocenters. The number of carboxylic acids is 1. The second kappa shape index (κ2) is 24.2. The summed E-state index contributed by atoms with van der Waals surface area (Å²) in [6, 6.07) is 0. The number of carboxylic acid groups (broad SMARTS) is 1. The van der Waals surface area contributed by atoms with E-state index in [9.17, 15) is 14.5 Å². The summed E-state index contributed by atoms with van der Waals surface area (Å²) in [5.41, 5.74) is -2.25. The first-order valence-electron chi connectivity index (χ1n) is 14.2. The number of hydrogen-bond acceptors (Lipinski definition) is 6. The molecule has 0 aromatic heterocycles. The minimum Gasteiger partial charge on any atom is -0.474 e. The monoisotopic (exact) mass is 537 g/mol. The molecular formula is C27H54O6PS+. The van der Waals surface area contributed by atoms with E-state index < -0.39 is 20.0 Å². The fourth-order valence-electron chi connectivity index (χ4n) is 3.89. The molecule has 0 amide bonds. The lowest BCUT2D eigenvalue weighted by Gasteiger charge is -2.25. The van der Waals surface area contributed by atoms with Crippen molar-refractivity contribution >= 4 is 26.2 Å². The third kappa shape index (κ3) is 17.8. The van der Waals surface area contributed by atoms with Gasteiger partial charge in [-0.3, -0.25) is 4.74 Å². The highest BCUT2D eigenvalue weighted by molar-refractivity contribution is 7.99. The molecule has 0 aliphatic carbocycles. The number of thioether (sulfide) groups is 1. The lowest BCUT2D eigenvalue weighted by molar-refractivity contribution is -0.402. The highest BCUT2D eigenvalue weighted by Crippen LogP contribution is 2.31. The summed E-state index contributed by atoms with van der Waals surface area (Å²) in [7, 11) is -1.32. The Bertz CT molecular complexity index is 510. The maximum absolute atomic E-state index is 11.7. The Morgan fingerprint density at radius 1 is 0.829 bits per heavy atom. The van der Waals surface area contributed by atoms with Gasteiger partial charge < -0.3 is 5.11 Å². The molecule has 1 N–H and O–H groups in total. The molecule has 0 bridgehead atoms. The Labute approximate surface area is 221 Å². The van der Waals surface area contributed by atoms with Crippen LogP contribution in [0.15, 0.2) is 0 Å². The molecule has 0 aromatic rings. The van der Waals surface area contributed by atoms with Crippen molar-refractivity contribution in [3.63, 3.8) is 0 Å². The minimum absolute atomic E-state index is 0.133. The summed E-state index contributed by atoms with van der Waals surface area (Å²) in [6.07, 6.45) is 20.4. The van der Waals surface area contributed by atoms with Crippen LogP contribution in [0.25, 0.3) is 0 Å². The number of aliphatic carboxylic acids is 1. The molecule has 0 heterocycles. The molecule has 208 valence electrons. The van der Waals surface area contributed by atoms with Crippen molar-refractivity contribution in [2.24, 2.45) is 0 Å². The van der Waals surface area contributed by atoms with E-state index >= 15 is 0 Å². The van der Waals surface area contributed by atoms with Gasteiger partial charge in [0.15, 0.2) is 0 Å². The normalized spacial score (nSPS) is 15.2. The Morgan fingerprint density at radius 2 is 1.34 bits per heavy atom. The van der Waals surface area contributed by atoms with E-state index in [1.165, 1.54) is 89.9 Å². The standard InChI is InChI=1S/C27H53O6PS/c1-5-8-10-12-14-16-18-20-23-35-25(21-19-17-15-13-11-9-6-2)24(4)32-33-27(34-30,26(28)29)31-22-7-3/h24-25H,5-23H2,1-4H3,(H,28,29)/p+1. The van der Waals surface area contributed by atoms with Crippen molar-refractivity contribution in [1.29, 1.82) is 0 Å². The van der Waals surface area contributed by atoms with Gasteiger partial charge in [-0.05, 0) is 31.9 Å². The molecule has 0 radical (unpaired) electrons. The van der Waals surface area contributed by atoms with Gasteiger partial charge in [0.1, 0.15) is 6.10 Å². The van der Waals surface area contributed by atoms with Crippen LogP contribution in [0.4, 0.5) is 0 Å². The molecule has 0 saturated carbocycles. The van der Waals surface area contributed by atoms with E-state index in [1.54, 1.807) is 0 Å². The quantitative estimate of drug-likeness (QED) is 0.0368. The van der Waals surface area contributed by atoms with Crippen molar-refractivity contribution < 1.29 is 29.0 Å². The molecule has 0 fully saturated rings. The van der Waals surface area contributed by atoms with Gasteiger partial charge in [-0.25, -0.2) is 9.68 Å². The Hall–Kier alpha value is -0.200. The molecule has 0 aliphatic heterocycles. The molecule has 8 heteroatoms. The molecular weight excluding hydrogens is 483 g/mol. The first kappa shape index (κ1) is 34.8. The summed E-state index contributed by atoms with van der Waals surface area (Å²) in [5, 5.41) is 9.72. The number of hydrogen-bond donors (Lipinski definition) is 1. The second-order valence-corrected chi connectivity index (χ2v) is 11.8. The lowest BCUT2D eigenvalue weighted by Crippen LogP contribution is -2.41. The highest BCUT2D eigenvalue weighted by atomic mass is 32.2. The number of unbranched alkanes of at least 4 members (excludes halogenated alkanes) is 13. The average Bonchev–Trinajstić information content (AvgIpc) is 2.85. The third-order valence-electron chi connectivity index (χ3n) is 6.19. The molecule has 6 nitrogen and oxygen atoms in total. The zero-order chi connectivity index (χ0) is 26.2. The molecule has 0 spiro atoms. The van der Waals surface area contributed by atoms with Crippen molar-refractivity contribution in [3.8, 4) is 0 Å². The van der Waals surface area contributed by atoms with Crippen LogP contribution < -0.4 is 0 Å². The Kier molecular flexibility index (Phi) is 24.0. The Balaban J connectivity index is 4.63. The summed E-state index contributed by atoms with van der Waals surface area (Å²) in [6.45, 7) is 8.37. The molecule has 4 unspecified atom stereocenters. The fraction of sp³-hybridized carbons (Fsp3) is 0.963. The van der Waals surface area contributed by atoms with Gasteiger partial charge >= 0.3 is 20.0 Å². The molecule has 0 aliphatic rings. The van der Waals surface area contributed by atoms with Crippen LogP contribution >= 0.6 is 20.2 Å². The van der Waals surface area contributed by atoms with Gasteiger partial charge in [0.25, 0.3) is 0 Å². The van der Waals surface area contributed by atoms with E-state index in [4.69, 9.17) is 14.5 Å². The first-order valence-corrected chi connectivity index (χ1v) is 16.2. The zero-order valence-corrected chi connectivity index (χ0v) is 24.8. The maximum atomic E-state index is 11.7. The lowest BCUT2D eigenvalue weighted by atomic mass is 10.1. The predicted octanol–water partition coefficient (Wildman–Crippen LogP) is 8.90. The van der Waals surface area contributed by atoms with Gasteiger partial charge in [0.05, 0.1) is 6.61 Å². The molecule has 0 aromatic carbocycles. The topological polar surface area (TPSA) is 82.1 Å². The van der Waals surface area contributed by atoms with Crippen LogP contribution in [0.2, 0.25) is 0 Å². The van der Waals surface area contributed by atoms with Crippen LogP contribution in [-0.2, 0) is 23.9 Å². The number of carbonyl (C=O) groups is 1. The number of rotatable bonds is 27. The largest absolute Gasteiger partial charge is 0.497 e. The zero-order valence-electron chi connectivity index (χ0n) is 23.0. The van der Waals surface area contributed by atoms with E-state index in [1.807, 2.05) is 25.6 Å². The van der Waals surface area contributed by atoms with Crippen LogP contribution in [0.1, 0.15) is 137 Å². The summed E-state index contributed by atoms with van der Waals surface area (Å²) in [4.78, 5) is 22.4. The van der Waals surface area contributed by atoms with E-state index in [0.29, 0.717) is 6.42 Å². The average molecular weight is 538 g/mol. The summed E-state index contributed by atoms with van der Waals surface area (Å²) < 4.78 is 16.9. The molecule has 35 heavy (non-hydrogen) atoms. The van der Waals surface area contributed by atoms with Crippen LogP contribution in [0.5, 0.6) is 0 Å². The van der Waals surface area contributed by atoms with Gasteiger partial charge in [-0.15, -0.1) is 4.89 Å².